The highest BCUT2D eigenvalue weighted by Crippen LogP contribution is 2.31. The van der Waals surface area contributed by atoms with Gasteiger partial charge in [0.2, 0.25) is 5.91 Å². The second kappa shape index (κ2) is 8.80. The highest BCUT2D eigenvalue weighted by molar-refractivity contribution is 7.91. The number of hydrogen-bond acceptors (Lipinski definition) is 8. The lowest BCUT2D eigenvalue weighted by Gasteiger charge is -2.34. The molecule has 4 rings (SSSR count). The van der Waals surface area contributed by atoms with Gasteiger partial charge >= 0.3 is 0 Å². The van der Waals surface area contributed by atoms with Crippen molar-refractivity contribution >= 4 is 52.3 Å². The molecule has 170 valence electrons. The van der Waals surface area contributed by atoms with E-state index < -0.39 is 19.7 Å². The van der Waals surface area contributed by atoms with Crippen LogP contribution in [0.2, 0.25) is 0 Å². The van der Waals surface area contributed by atoms with Crippen molar-refractivity contribution in [2.45, 2.75) is 16.2 Å². The zero-order chi connectivity index (χ0) is 22.9. The van der Waals surface area contributed by atoms with Gasteiger partial charge in [0.1, 0.15) is 0 Å². The highest BCUT2D eigenvalue weighted by atomic mass is 32.2. The molecule has 1 aliphatic rings. The zero-order valence-corrected chi connectivity index (χ0v) is 19.9. The summed E-state index contributed by atoms with van der Waals surface area (Å²) in [6.07, 6.45) is 1.13. The number of rotatable bonds is 6. The number of amides is 1. The Labute approximate surface area is 191 Å². The summed E-state index contributed by atoms with van der Waals surface area (Å²) in [6, 6.07) is 13.1. The van der Waals surface area contributed by atoms with E-state index in [0.29, 0.717) is 26.2 Å². The first kappa shape index (κ1) is 22.7. The van der Waals surface area contributed by atoms with Crippen LogP contribution in [-0.4, -0.2) is 70.8 Å². The van der Waals surface area contributed by atoms with Crippen LogP contribution in [0, 0.1) is 0 Å². The quantitative estimate of drug-likeness (QED) is 0.518. The molecule has 0 atom stereocenters. The van der Waals surface area contributed by atoms with E-state index in [-0.39, 0.29) is 27.9 Å². The minimum Gasteiger partial charge on any atom is -0.345 e. The Kier molecular flexibility index (Phi) is 6.24. The molecule has 0 radical (unpaired) electrons. The van der Waals surface area contributed by atoms with Crippen LogP contribution >= 0.6 is 11.3 Å². The van der Waals surface area contributed by atoms with Crippen molar-refractivity contribution in [1.82, 2.24) is 9.88 Å². The van der Waals surface area contributed by atoms with E-state index in [1.54, 1.807) is 41.3 Å². The summed E-state index contributed by atoms with van der Waals surface area (Å²) in [6.45, 7) is 2.12. The van der Waals surface area contributed by atoms with Gasteiger partial charge in [0.25, 0.3) is 0 Å². The molecule has 1 amide bonds. The Morgan fingerprint density at radius 2 is 1.66 bits per heavy atom. The van der Waals surface area contributed by atoms with Gasteiger partial charge in [-0.25, -0.2) is 21.8 Å². The maximum absolute atomic E-state index is 12.6. The second-order valence-corrected chi connectivity index (χ2v) is 12.8. The fraction of sp³-hybridized carbons (Fsp3) is 0.333. The standard InChI is InChI=1S/C21H23N3O5S3/c1-31(26,27)17-7-8-18-19(15-17)30-21(22-18)24-12-10-23(11-13-24)20(25)9-14-32(28,29)16-5-3-2-4-6-16/h2-8,15H,9-14H2,1H3. The summed E-state index contributed by atoms with van der Waals surface area (Å²) in [7, 11) is -6.77. The monoisotopic (exact) mass is 493 g/mol. The van der Waals surface area contributed by atoms with Gasteiger partial charge in [0.05, 0.1) is 25.8 Å². The second-order valence-electron chi connectivity index (χ2n) is 7.65. The molecule has 0 saturated carbocycles. The number of benzene rings is 2. The van der Waals surface area contributed by atoms with E-state index >= 15 is 0 Å². The maximum Gasteiger partial charge on any atom is 0.223 e. The molecule has 1 fully saturated rings. The lowest BCUT2D eigenvalue weighted by molar-refractivity contribution is -0.131. The van der Waals surface area contributed by atoms with E-state index in [1.165, 1.54) is 29.7 Å². The number of carbonyl (C=O) groups is 1. The van der Waals surface area contributed by atoms with Crippen LogP contribution in [-0.2, 0) is 24.5 Å². The minimum absolute atomic E-state index is 0.0490. The summed E-state index contributed by atoms with van der Waals surface area (Å²) in [5, 5.41) is 0.782. The summed E-state index contributed by atoms with van der Waals surface area (Å²) in [5.74, 6) is -0.386. The Morgan fingerprint density at radius 1 is 0.969 bits per heavy atom. The van der Waals surface area contributed by atoms with Crippen LogP contribution in [0.25, 0.3) is 10.2 Å². The topological polar surface area (TPSA) is 105 Å². The third-order valence-corrected chi connectivity index (χ3v) is 9.29. The van der Waals surface area contributed by atoms with Crippen LogP contribution in [0.3, 0.4) is 0 Å². The number of thiazole rings is 1. The Bertz CT molecular complexity index is 1340. The van der Waals surface area contributed by atoms with Crippen LogP contribution < -0.4 is 4.90 Å². The number of piperazine rings is 1. The molecule has 3 aromatic rings. The normalized spacial score (nSPS) is 15.3. The molecule has 1 aromatic heterocycles. The molecule has 0 spiro atoms. The summed E-state index contributed by atoms with van der Waals surface area (Å²) in [5.41, 5.74) is 0.738. The number of fused-ring (bicyclic) bond motifs is 1. The molecule has 0 bridgehead atoms. The first-order valence-electron chi connectivity index (χ1n) is 10.0. The molecule has 11 heteroatoms. The molecule has 2 heterocycles. The van der Waals surface area contributed by atoms with Crippen molar-refractivity contribution in [2.75, 3.05) is 43.1 Å². The average molecular weight is 494 g/mol. The fourth-order valence-electron chi connectivity index (χ4n) is 3.53. The van der Waals surface area contributed by atoms with Crippen molar-refractivity contribution < 1.29 is 21.6 Å². The van der Waals surface area contributed by atoms with Crippen LogP contribution in [0.1, 0.15) is 6.42 Å². The van der Waals surface area contributed by atoms with Gasteiger partial charge in [-0.1, -0.05) is 29.5 Å². The number of aromatic nitrogens is 1. The molecule has 0 N–H and O–H groups in total. The summed E-state index contributed by atoms with van der Waals surface area (Å²) >= 11 is 1.42. The van der Waals surface area contributed by atoms with Crippen molar-refractivity contribution in [2.24, 2.45) is 0 Å². The molecule has 1 saturated heterocycles. The number of nitrogens with zero attached hydrogens (tertiary/aromatic N) is 3. The molecule has 0 unspecified atom stereocenters. The number of carbonyl (C=O) groups excluding carboxylic acids is 1. The first-order chi connectivity index (χ1) is 15.1. The van der Waals surface area contributed by atoms with Crippen molar-refractivity contribution in [1.29, 1.82) is 0 Å². The van der Waals surface area contributed by atoms with Gasteiger partial charge in [-0.15, -0.1) is 0 Å². The SMILES string of the molecule is CS(=O)(=O)c1ccc2nc(N3CCN(C(=O)CCS(=O)(=O)c4ccccc4)CC3)sc2c1. The number of sulfone groups is 2. The Morgan fingerprint density at radius 3 is 2.31 bits per heavy atom. The third-order valence-electron chi connectivity index (χ3n) is 5.37. The van der Waals surface area contributed by atoms with Crippen molar-refractivity contribution in [3.8, 4) is 0 Å². The number of anilines is 1. The Hall–Kier alpha value is -2.50. The van der Waals surface area contributed by atoms with E-state index in [2.05, 4.69) is 9.88 Å². The van der Waals surface area contributed by atoms with E-state index in [4.69, 9.17) is 0 Å². The van der Waals surface area contributed by atoms with Gasteiger partial charge in [0.15, 0.2) is 24.8 Å². The summed E-state index contributed by atoms with van der Waals surface area (Å²) in [4.78, 5) is 21.4. The molecule has 32 heavy (non-hydrogen) atoms. The van der Waals surface area contributed by atoms with E-state index in [9.17, 15) is 21.6 Å². The van der Waals surface area contributed by atoms with Gasteiger partial charge in [-0.2, -0.15) is 0 Å². The fourth-order valence-corrected chi connectivity index (χ4v) is 6.56. The third kappa shape index (κ3) is 4.94. The van der Waals surface area contributed by atoms with Crippen LogP contribution in [0.5, 0.6) is 0 Å². The van der Waals surface area contributed by atoms with Gasteiger partial charge in [0, 0.05) is 38.9 Å². The van der Waals surface area contributed by atoms with E-state index in [0.717, 1.165) is 15.3 Å². The molecule has 8 nitrogen and oxygen atoms in total. The van der Waals surface area contributed by atoms with Gasteiger partial charge in [-0.3, -0.25) is 4.79 Å². The first-order valence-corrected chi connectivity index (χ1v) is 14.4. The lowest BCUT2D eigenvalue weighted by Crippen LogP contribution is -2.49. The van der Waals surface area contributed by atoms with E-state index in [1.807, 2.05) is 0 Å². The minimum atomic E-state index is -3.49. The smallest absolute Gasteiger partial charge is 0.223 e. The predicted octanol–water partition coefficient (Wildman–Crippen LogP) is 2.21. The van der Waals surface area contributed by atoms with Crippen molar-refractivity contribution in [3.63, 3.8) is 0 Å². The molecular weight excluding hydrogens is 470 g/mol. The van der Waals surface area contributed by atoms with Gasteiger partial charge in [-0.05, 0) is 30.3 Å². The van der Waals surface area contributed by atoms with Crippen LogP contribution in [0.4, 0.5) is 5.13 Å². The Balaban J connectivity index is 1.36. The predicted molar refractivity (Wildman–Crippen MR) is 125 cm³/mol. The largest absolute Gasteiger partial charge is 0.345 e. The van der Waals surface area contributed by atoms with Gasteiger partial charge < -0.3 is 9.80 Å². The van der Waals surface area contributed by atoms with Crippen molar-refractivity contribution in [3.05, 3.63) is 48.5 Å². The average Bonchev–Trinajstić information content (AvgIpc) is 3.21. The van der Waals surface area contributed by atoms with Crippen LogP contribution in [0.15, 0.2) is 58.3 Å². The number of hydrogen-bond donors (Lipinski definition) is 0. The zero-order valence-electron chi connectivity index (χ0n) is 17.5. The molecule has 0 aliphatic carbocycles. The lowest BCUT2D eigenvalue weighted by atomic mass is 10.3. The summed E-state index contributed by atoms with van der Waals surface area (Å²) < 4.78 is 49.2. The highest BCUT2D eigenvalue weighted by Gasteiger charge is 2.25. The maximum atomic E-state index is 12.6. The molecular formula is C21H23N3O5S3. The molecule has 1 aliphatic heterocycles. The molecule has 2 aromatic carbocycles.